The Kier molecular flexibility index (Phi) is 2.91. The van der Waals surface area contributed by atoms with Gasteiger partial charge in [-0.25, -0.2) is 0 Å². The van der Waals surface area contributed by atoms with Gasteiger partial charge >= 0.3 is 0 Å². The van der Waals surface area contributed by atoms with Crippen LogP contribution in [0.4, 0.5) is 0 Å². The van der Waals surface area contributed by atoms with Crippen molar-refractivity contribution in [1.82, 2.24) is 0 Å². The Hall–Kier alpha value is -1.25. The molecular formula is C10H6BrN. The minimum absolute atomic E-state index is 0.894. The third-order valence-corrected chi connectivity index (χ3v) is 1.95. The number of hydrogen-bond donors (Lipinski definition) is 0. The number of hydrogen-bond acceptors (Lipinski definition) is 1. The van der Waals surface area contributed by atoms with Crippen molar-refractivity contribution < 1.29 is 0 Å². The Bertz CT molecular complexity index is 391. The molecule has 1 aromatic carbocycles. The van der Waals surface area contributed by atoms with Crippen LogP contribution in [0.5, 0.6) is 0 Å². The molecule has 0 saturated heterocycles. The van der Waals surface area contributed by atoms with E-state index in [2.05, 4.69) is 27.8 Å². The smallest absolute Gasteiger partial charge is 0.152 e. The van der Waals surface area contributed by atoms with E-state index in [9.17, 15) is 0 Å². The van der Waals surface area contributed by atoms with Gasteiger partial charge in [0.1, 0.15) is 0 Å². The Balaban J connectivity index is 3.16. The lowest BCUT2D eigenvalue weighted by atomic mass is 10.1. The summed E-state index contributed by atoms with van der Waals surface area (Å²) in [7, 11) is 0. The maximum atomic E-state index is 8.25. The van der Waals surface area contributed by atoms with Crippen molar-refractivity contribution in [3.63, 3.8) is 0 Å². The lowest BCUT2D eigenvalue weighted by molar-refractivity contribution is 1.42. The standard InChI is InChI=1S/C10H6BrN/c1-8-4-5-10(11)7-9(8)3-2-6-12/h4-5,7H,1H3. The Morgan fingerprint density at radius 2 is 2.17 bits per heavy atom. The molecule has 0 N–H and O–H groups in total. The van der Waals surface area contributed by atoms with Crippen molar-refractivity contribution in [2.45, 2.75) is 6.92 Å². The molecule has 0 unspecified atom stereocenters. The topological polar surface area (TPSA) is 23.8 Å². The van der Waals surface area contributed by atoms with Gasteiger partial charge in [-0.05, 0) is 24.6 Å². The lowest BCUT2D eigenvalue weighted by Crippen LogP contribution is -1.80. The molecule has 58 valence electrons. The van der Waals surface area contributed by atoms with Gasteiger partial charge in [-0.2, -0.15) is 5.26 Å². The zero-order valence-electron chi connectivity index (χ0n) is 6.56. The van der Waals surface area contributed by atoms with E-state index in [1.54, 1.807) is 6.07 Å². The minimum Gasteiger partial charge on any atom is -0.183 e. The first kappa shape index (κ1) is 8.84. The lowest BCUT2D eigenvalue weighted by Gasteiger charge is -1.96. The van der Waals surface area contributed by atoms with E-state index < -0.39 is 0 Å². The number of nitrogens with zero attached hydrogens (tertiary/aromatic N) is 1. The molecule has 1 nitrogen and oxygen atoms in total. The molecule has 0 spiro atoms. The van der Waals surface area contributed by atoms with E-state index in [4.69, 9.17) is 5.26 Å². The molecule has 1 aromatic rings. The molecule has 0 saturated carbocycles. The normalized spacial score (nSPS) is 8.08. The van der Waals surface area contributed by atoms with Crippen LogP contribution in [0.3, 0.4) is 0 Å². The molecule has 2 heteroatoms. The number of benzene rings is 1. The first-order chi connectivity index (χ1) is 5.74. The van der Waals surface area contributed by atoms with Crippen LogP contribution in [0.25, 0.3) is 0 Å². The number of rotatable bonds is 0. The average Bonchev–Trinajstić information content (AvgIpc) is 2.07. The summed E-state index contributed by atoms with van der Waals surface area (Å²) in [5.41, 5.74) is 1.98. The van der Waals surface area contributed by atoms with Crippen LogP contribution in [0, 0.1) is 30.1 Å². The van der Waals surface area contributed by atoms with E-state index in [-0.39, 0.29) is 0 Å². The van der Waals surface area contributed by atoms with Gasteiger partial charge in [0, 0.05) is 16.0 Å². The van der Waals surface area contributed by atoms with Crippen LogP contribution in [-0.4, -0.2) is 0 Å². The largest absolute Gasteiger partial charge is 0.183 e. The molecule has 12 heavy (non-hydrogen) atoms. The zero-order chi connectivity index (χ0) is 8.97. The van der Waals surface area contributed by atoms with Crippen molar-refractivity contribution in [2.24, 2.45) is 0 Å². The van der Waals surface area contributed by atoms with Crippen molar-refractivity contribution >= 4 is 15.9 Å². The fraction of sp³-hybridized carbons (Fsp3) is 0.100. The van der Waals surface area contributed by atoms with Gasteiger partial charge in [-0.3, -0.25) is 0 Å². The number of aryl methyl sites for hydroxylation is 1. The van der Waals surface area contributed by atoms with Crippen LogP contribution in [0.1, 0.15) is 11.1 Å². The average molecular weight is 220 g/mol. The monoisotopic (exact) mass is 219 g/mol. The highest BCUT2D eigenvalue weighted by molar-refractivity contribution is 9.10. The van der Waals surface area contributed by atoms with Gasteiger partial charge in [-0.15, -0.1) is 0 Å². The van der Waals surface area contributed by atoms with Gasteiger partial charge in [0.2, 0.25) is 0 Å². The van der Waals surface area contributed by atoms with Gasteiger partial charge < -0.3 is 0 Å². The summed E-state index contributed by atoms with van der Waals surface area (Å²) >= 11 is 3.34. The number of halogens is 1. The fourth-order valence-corrected chi connectivity index (χ4v) is 1.19. The molecule has 0 heterocycles. The molecule has 0 amide bonds. The molecule has 0 aliphatic rings. The summed E-state index contributed by atoms with van der Waals surface area (Å²) in [5.74, 6) is 5.13. The summed E-state index contributed by atoms with van der Waals surface area (Å²) in [4.78, 5) is 0. The molecule has 0 atom stereocenters. The van der Waals surface area contributed by atoms with Crippen molar-refractivity contribution in [2.75, 3.05) is 0 Å². The van der Waals surface area contributed by atoms with Gasteiger partial charge in [0.05, 0.1) is 0 Å². The summed E-state index contributed by atoms with van der Waals surface area (Å²) in [6.07, 6.45) is 0. The molecule has 0 aliphatic carbocycles. The third kappa shape index (κ3) is 2.12. The van der Waals surface area contributed by atoms with Crippen molar-refractivity contribution in [3.8, 4) is 17.9 Å². The molecule has 0 fully saturated rings. The quantitative estimate of drug-likeness (QED) is 0.616. The summed E-state index contributed by atoms with van der Waals surface area (Å²) in [6.45, 7) is 1.97. The fourth-order valence-electron chi connectivity index (χ4n) is 0.824. The predicted molar refractivity (Wildman–Crippen MR) is 51.4 cm³/mol. The summed E-state index contributed by atoms with van der Waals surface area (Å²) in [6, 6.07) is 7.60. The van der Waals surface area contributed by atoms with Crippen LogP contribution < -0.4 is 0 Å². The summed E-state index contributed by atoms with van der Waals surface area (Å²) < 4.78 is 0.982. The van der Waals surface area contributed by atoms with Crippen LogP contribution in [0.15, 0.2) is 22.7 Å². The van der Waals surface area contributed by atoms with E-state index in [0.717, 1.165) is 15.6 Å². The Labute approximate surface area is 80.2 Å². The summed E-state index contributed by atoms with van der Waals surface area (Å²) in [5, 5.41) is 8.25. The van der Waals surface area contributed by atoms with E-state index in [1.807, 2.05) is 25.1 Å². The highest BCUT2D eigenvalue weighted by atomic mass is 79.9. The molecule has 0 aromatic heterocycles. The maximum Gasteiger partial charge on any atom is 0.152 e. The minimum atomic E-state index is 0.894. The second-order valence-corrected chi connectivity index (χ2v) is 3.24. The van der Waals surface area contributed by atoms with Crippen LogP contribution >= 0.6 is 15.9 Å². The number of nitriles is 1. The molecule has 1 rings (SSSR count). The Morgan fingerprint density at radius 1 is 1.42 bits per heavy atom. The second kappa shape index (κ2) is 3.95. The van der Waals surface area contributed by atoms with Gasteiger partial charge in [0.15, 0.2) is 6.07 Å². The molecule has 0 radical (unpaired) electrons. The SMILES string of the molecule is Cc1ccc(Br)cc1C#CC#N. The first-order valence-corrected chi connectivity index (χ1v) is 4.19. The van der Waals surface area contributed by atoms with E-state index in [1.165, 1.54) is 0 Å². The Morgan fingerprint density at radius 3 is 2.83 bits per heavy atom. The highest BCUT2D eigenvalue weighted by Crippen LogP contribution is 2.14. The van der Waals surface area contributed by atoms with E-state index >= 15 is 0 Å². The highest BCUT2D eigenvalue weighted by Gasteiger charge is 1.94. The third-order valence-electron chi connectivity index (χ3n) is 1.45. The maximum absolute atomic E-state index is 8.25. The first-order valence-electron chi connectivity index (χ1n) is 3.40. The van der Waals surface area contributed by atoms with Crippen molar-refractivity contribution in [3.05, 3.63) is 33.8 Å². The van der Waals surface area contributed by atoms with Crippen molar-refractivity contribution in [1.29, 1.82) is 5.26 Å². The second-order valence-electron chi connectivity index (χ2n) is 2.32. The zero-order valence-corrected chi connectivity index (χ0v) is 8.14. The van der Waals surface area contributed by atoms with Gasteiger partial charge in [-0.1, -0.05) is 27.9 Å². The molecule has 0 bridgehead atoms. The van der Waals surface area contributed by atoms with Gasteiger partial charge in [0.25, 0.3) is 0 Å². The molecule has 0 aliphatic heterocycles. The predicted octanol–water partition coefficient (Wildman–Crippen LogP) is 2.63. The van der Waals surface area contributed by atoms with E-state index in [0.29, 0.717) is 0 Å². The van der Waals surface area contributed by atoms with Crippen LogP contribution in [0.2, 0.25) is 0 Å². The van der Waals surface area contributed by atoms with Crippen LogP contribution in [-0.2, 0) is 0 Å². The molecular weight excluding hydrogens is 214 g/mol.